The van der Waals surface area contributed by atoms with E-state index in [1.54, 1.807) is 19.1 Å². The summed E-state index contributed by atoms with van der Waals surface area (Å²) in [5, 5.41) is 0. The van der Waals surface area contributed by atoms with Crippen LogP contribution >= 0.6 is 0 Å². The Morgan fingerprint density at radius 2 is 2.15 bits per heavy atom. The molecule has 0 unspecified atom stereocenters. The number of rotatable bonds is 1. The van der Waals surface area contributed by atoms with E-state index in [1.165, 1.54) is 0 Å². The first-order valence-corrected chi connectivity index (χ1v) is 6.55. The average molecular weight is 273 g/mol. The lowest BCUT2D eigenvalue weighted by atomic mass is 10.1. The molecule has 1 amide bonds. The minimum atomic E-state index is -0.495. The number of amides is 1. The molecule has 4 nitrogen and oxygen atoms in total. The second kappa shape index (κ2) is 5.56. The van der Waals surface area contributed by atoms with E-state index in [9.17, 15) is 4.79 Å². The van der Waals surface area contributed by atoms with Gasteiger partial charge in [-0.1, -0.05) is 11.8 Å². The summed E-state index contributed by atoms with van der Waals surface area (Å²) in [4.78, 5) is 13.5. The van der Waals surface area contributed by atoms with Crippen LogP contribution in [0, 0.1) is 11.8 Å². The fourth-order valence-corrected chi connectivity index (χ4v) is 1.80. The number of hydrogen-bond acceptors (Lipinski definition) is 3. The van der Waals surface area contributed by atoms with Gasteiger partial charge >= 0.3 is 0 Å². The van der Waals surface area contributed by atoms with Crippen molar-refractivity contribution >= 4 is 11.6 Å². The van der Waals surface area contributed by atoms with Crippen molar-refractivity contribution in [2.45, 2.75) is 25.9 Å². The van der Waals surface area contributed by atoms with E-state index in [4.69, 9.17) is 9.47 Å². The molecular weight excluding hydrogens is 254 g/mol. The molecule has 106 valence electrons. The van der Waals surface area contributed by atoms with E-state index in [0.717, 1.165) is 17.0 Å². The van der Waals surface area contributed by atoms with Crippen LogP contribution in [0.15, 0.2) is 18.2 Å². The molecule has 0 fully saturated rings. The van der Waals surface area contributed by atoms with Crippen LogP contribution < -0.4 is 9.64 Å². The number of hydrogen-bond donors (Lipinski definition) is 0. The summed E-state index contributed by atoms with van der Waals surface area (Å²) in [6, 6.07) is 5.62. The third-order valence-electron chi connectivity index (χ3n) is 3.29. The van der Waals surface area contributed by atoms with Gasteiger partial charge in [-0.05, 0) is 32.0 Å². The Balaban J connectivity index is 2.36. The molecule has 1 aliphatic heterocycles. The minimum absolute atomic E-state index is 0.0473. The maximum atomic E-state index is 11.8. The third kappa shape index (κ3) is 3.12. The molecule has 0 radical (unpaired) electrons. The van der Waals surface area contributed by atoms with Gasteiger partial charge in [0.15, 0.2) is 0 Å². The molecule has 0 N–H and O–H groups in total. The highest BCUT2D eigenvalue weighted by atomic mass is 16.5. The normalized spacial score (nSPS) is 14.8. The van der Waals surface area contributed by atoms with Gasteiger partial charge in [0.25, 0.3) is 0 Å². The number of benzene rings is 1. The first-order valence-electron chi connectivity index (χ1n) is 6.55. The molecule has 1 aliphatic rings. The van der Waals surface area contributed by atoms with E-state index < -0.39 is 5.60 Å². The molecule has 0 saturated heterocycles. The molecule has 20 heavy (non-hydrogen) atoms. The van der Waals surface area contributed by atoms with Crippen molar-refractivity contribution in [3.05, 3.63) is 23.8 Å². The van der Waals surface area contributed by atoms with Crippen LogP contribution in [0.3, 0.4) is 0 Å². The molecule has 0 saturated carbocycles. The summed E-state index contributed by atoms with van der Waals surface area (Å²) < 4.78 is 10.8. The summed E-state index contributed by atoms with van der Waals surface area (Å²) in [7, 11) is 3.39. The first kappa shape index (κ1) is 14.4. The number of fused-ring (bicyclic) bond motifs is 1. The molecule has 1 aromatic carbocycles. The predicted molar refractivity (Wildman–Crippen MR) is 77.9 cm³/mol. The lowest BCUT2D eigenvalue weighted by Gasteiger charge is -2.17. The van der Waals surface area contributed by atoms with Crippen LogP contribution in [0.25, 0.3) is 0 Å². The lowest BCUT2D eigenvalue weighted by molar-refractivity contribution is -0.118. The predicted octanol–water partition coefficient (Wildman–Crippen LogP) is 2.21. The number of nitrogens with zero attached hydrogens (tertiary/aromatic N) is 1. The zero-order valence-electron chi connectivity index (χ0n) is 12.3. The number of carbonyl (C=O) groups is 1. The number of methoxy groups -OCH3 is 1. The van der Waals surface area contributed by atoms with Crippen molar-refractivity contribution in [3.8, 4) is 17.6 Å². The molecule has 2 rings (SSSR count). The molecule has 0 atom stereocenters. The maximum Gasteiger partial charge on any atom is 0.230 e. The van der Waals surface area contributed by atoms with Gasteiger partial charge in [0.2, 0.25) is 5.91 Å². The van der Waals surface area contributed by atoms with Crippen LogP contribution in [0.4, 0.5) is 5.69 Å². The standard InChI is InChI=1S/C16H19NO3/c1-16(2,19-4)9-7-12-5-6-14-13(11-12)17(3)15(18)8-10-20-14/h5-6,11H,8,10H2,1-4H3. The molecule has 4 heteroatoms. The summed E-state index contributed by atoms with van der Waals surface area (Å²) in [5.74, 6) is 6.89. The molecule has 0 spiro atoms. The van der Waals surface area contributed by atoms with E-state index in [-0.39, 0.29) is 5.91 Å². The average Bonchev–Trinajstić information content (AvgIpc) is 2.57. The first-order chi connectivity index (χ1) is 9.43. The van der Waals surface area contributed by atoms with Crippen molar-refractivity contribution in [1.29, 1.82) is 0 Å². The molecular formula is C16H19NO3. The largest absolute Gasteiger partial charge is 0.491 e. The summed E-state index contributed by atoms with van der Waals surface area (Å²) in [6.45, 7) is 4.22. The molecule has 1 aromatic rings. The second-order valence-corrected chi connectivity index (χ2v) is 5.20. The van der Waals surface area contributed by atoms with E-state index in [1.807, 2.05) is 32.0 Å². The van der Waals surface area contributed by atoms with Gasteiger partial charge in [-0.25, -0.2) is 0 Å². The highest BCUT2D eigenvalue weighted by Gasteiger charge is 2.20. The van der Waals surface area contributed by atoms with Crippen molar-refractivity contribution in [1.82, 2.24) is 0 Å². The Labute approximate surface area is 119 Å². The van der Waals surface area contributed by atoms with E-state index in [2.05, 4.69) is 11.8 Å². The monoisotopic (exact) mass is 273 g/mol. The van der Waals surface area contributed by atoms with Crippen molar-refractivity contribution < 1.29 is 14.3 Å². The third-order valence-corrected chi connectivity index (χ3v) is 3.29. The Morgan fingerprint density at radius 3 is 2.85 bits per heavy atom. The van der Waals surface area contributed by atoms with Gasteiger partial charge < -0.3 is 14.4 Å². The van der Waals surface area contributed by atoms with Crippen molar-refractivity contribution in [2.75, 3.05) is 25.7 Å². The van der Waals surface area contributed by atoms with Crippen molar-refractivity contribution in [3.63, 3.8) is 0 Å². The zero-order valence-corrected chi connectivity index (χ0v) is 12.3. The van der Waals surface area contributed by atoms with Gasteiger partial charge in [0.1, 0.15) is 11.4 Å². The van der Waals surface area contributed by atoms with Crippen LogP contribution in [-0.2, 0) is 9.53 Å². The highest BCUT2D eigenvalue weighted by Crippen LogP contribution is 2.31. The van der Waals surface area contributed by atoms with Gasteiger partial charge in [-0.15, -0.1) is 0 Å². The Kier molecular flexibility index (Phi) is 4.01. The van der Waals surface area contributed by atoms with Gasteiger partial charge in [0, 0.05) is 19.7 Å². The second-order valence-electron chi connectivity index (χ2n) is 5.20. The van der Waals surface area contributed by atoms with Gasteiger partial charge in [-0.2, -0.15) is 0 Å². The maximum absolute atomic E-state index is 11.8. The number of carbonyl (C=O) groups excluding carboxylic acids is 1. The number of ether oxygens (including phenoxy) is 2. The van der Waals surface area contributed by atoms with Gasteiger partial charge in [0.05, 0.1) is 18.7 Å². The van der Waals surface area contributed by atoms with Gasteiger partial charge in [-0.3, -0.25) is 4.79 Å². The topological polar surface area (TPSA) is 38.8 Å². The number of anilines is 1. The van der Waals surface area contributed by atoms with E-state index >= 15 is 0 Å². The van der Waals surface area contributed by atoms with Crippen LogP contribution in [0.5, 0.6) is 5.75 Å². The zero-order chi connectivity index (χ0) is 14.8. The fraction of sp³-hybridized carbons (Fsp3) is 0.438. The van der Waals surface area contributed by atoms with Crippen LogP contribution in [-0.4, -0.2) is 32.3 Å². The van der Waals surface area contributed by atoms with Crippen LogP contribution in [0.1, 0.15) is 25.8 Å². The minimum Gasteiger partial charge on any atom is -0.491 e. The molecule has 1 heterocycles. The summed E-state index contributed by atoms with van der Waals surface area (Å²) in [5.41, 5.74) is 1.10. The smallest absolute Gasteiger partial charge is 0.230 e. The molecule has 0 aromatic heterocycles. The Hall–Kier alpha value is -1.99. The SMILES string of the molecule is COC(C)(C)C#Cc1ccc2c(c1)N(C)C(=O)CCO2. The Bertz CT molecular complexity index is 581. The lowest BCUT2D eigenvalue weighted by Crippen LogP contribution is -2.25. The fourth-order valence-electron chi connectivity index (χ4n) is 1.80. The summed E-state index contributed by atoms with van der Waals surface area (Å²) >= 11 is 0. The molecule has 0 bridgehead atoms. The highest BCUT2D eigenvalue weighted by molar-refractivity contribution is 5.95. The van der Waals surface area contributed by atoms with Crippen molar-refractivity contribution in [2.24, 2.45) is 0 Å². The quantitative estimate of drug-likeness (QED) is 0.736. The Morgan fingerprint density at radius 1 is 1.40 bits per heavy atom. The molecule has 0 aliphatic carbocycles. The summed E-state index contributed by atoms with van der Waals surface area (Å²) in [6.07, 6.45) is 0.392. The van der Waals surface area contributed by atoms with Crippen LogP contribution in [0.2, 0.25) is 0 Å². The van der Waals surface area contributed by atoms with E-state index in [0.29, 0.717) is 13.0 Å².